The largest absolute Gasteiger partial charge is 0.480 e. The lowest BCUT2D eigenvalue weighted by atomic mass is 10.2. The molecule has 0 radical (unpaired) electrons. The van der Waals surface area contributed by atoms with Crippen LogP contribution in [0, 0.1) is 5.82 Å². The molecule has 38 heavy (non-hydrogen) atoms. The Bertz CT molecular complexity index is 1500. The number of hydrogen-bond donors (Lipinski definition) is 2. The van der Waals surface area contributed by atoms with Crippen molar-refractivity contribution in [2.24, 2.45) is 0 Å². The maximum absolute atomic E-state index is 13.1. The number of ether oxygens (including phenoxy) is 1. The fraction of sp³-hybridized carbons (Fsp3) is 0.125. The Hall–Kier alpha value is -3.88. The van der Waals surface area contributed by atoms with Gasteiger partial charge in [0.25, 0.3) is 15.9 Å². The van der Waals surface area contributed by atoms with Crippen LogP contribution in [0.3, 0.4) is 0 Å². The van der Waals surface area contributed by atoms with E-state index in [0.29, 0.717) is 20.5 Å². The van der Waals surface area contributed by atoms with E-state index in [9.17, 15) is 22.4 Å². The van der Waals surface area contributed by atoms with E-state index in [2.05, 4.69) is 20.2 Å². The minimum absolute atomic E-state index is 0.0198. The standard InChI is InChI=1S/C24H20FN5O5S3/c1-35-22-11-10-20(27-28-22)29-38(33,34)18-8-6-17(7-9-18)26-21(31)12-13-30-23(32)19(37-24(30)36)14-15-2-4-16(25)5-3-15/h2-11,14H,12-13H2,1H3,(H,26,31)(H,27,29)/b19-14-. The quantitative estimate of drug-likeness (QED) is 0.291. The van der Waals surface area contributed by atoms with E-state index in [4.69, 9.17) is 17.0 Å². The monoisotopic (exact) mass is 573 g/mol. The van der Waals surface area contributed by atoms with Crippen molar-refractivity contribution >= 4 is 67.7 Å². The smallest absolute Gasteiger partial charge is 0.266 e. The summed E-state index contributed by atoms with van der Waals surface area (Å²) in [4.78, 5) is 26.8. The van der Waals surface area contributed by atoms with E-state index in [1.165, 1.54) is 60.5 Å². The molecule has 1 saturated heterocycles. The molecule has 4 rings (SSSR count). The normalized spacial score (nSPS) is 14.6. The number of carbonyl (C=O) groups excluding carboxylic acids is 2. The van der Waals surface area contributed by atoms with Crippen molar-refractivity contribution in [1.82, 2.24) is 15.1 Å². The number of aromatic nitrogens is 2. The molecule has 2 aromatic carbocycles. The van der Waals surface area contributed by atoms with Crippen LogP contribution in [0.25, 0.3) is 6.08 Å². The van der Waals surface area contributed by atoms with Crippen LogP contribution in [0.5, 0.6) is 5.88 Å². The Morgan fingerprint density at radius 2 is 1.82 bits per heavy atom. The number of sulfonamides is 1. The molecule has 1 aromatic heterocycles. The van der Waals surface area contributed by atoms with Gasteiger partial charge in [0.1, 0.15) is 10.1 Å². The molecule has 1 fully saturated rings. The molecule has 0 bridgehead atoms. The van der Waals surface area contributed by atoms with E-state index in [1.807, 2.05) is 0 Å². The number of benzene rings is 2. The Labute approximate surface area is 227 Å². The van der Waals surface area contributed by atoms with Gasteiger partial charge in [-0.05, 0) is 54.1 Å². The molecular formula is C24H20FN5O5S3. The van der Waals surface area contributed by atoms with Crippen molar-refractivity contribution < 1.29 is 27.1 Å². The zero-order valence-corrected chi connectivity index (χ0v) is 22.2. The number of thiocarbonyl (C=S) groups is 1. The van der Waals surface area contributed by atoms with Crippen LogP contribution in [0.1, 0.15) is 12.0 Å². The number of amides is 2. The average Bonchev–Trinajstić information content (AvgIpc) is 3.16. The van der Waals surface area contributed by atoms with Gasteiger partial charge in [0.15, 0.2) is 5.82 Å². The zero-order chi connectivity index (χ0) is 27.3. The number of nitrogens with zero attached hydrogens (tertiary/aromatic N) is 3. The maximum Gasteiger partial charge on any atom is 0.266 e. The summed E-state index contributed by atoms with van der Waals surface area (Å²) in [5.41, 5.74) is 1.03. The second-order valence-corrected chi connectivity index (χ2v) is 11.1. The third-order valence-electron chi connectivity index (χ3n) is 5.14. The van der Waals surface area contributed by atoms with Crippen molar-refractivity contribution in [1.29, 1.82) is 0 Å². The molecule has 1 aliphatic rings. The number of halogens is 1. The highest BCUT2D eigenvalue weighted by atomic mass is 32.2. The summed E-state index contributed by atoms with van der Waals surface area (Å²) in [5, 5.41) is 10.1. The summed E-state index contributed by atoms with van der Waals surface area (Å²) in [5.74, 6) is -0.836. The van der Waals surface area contributed by atoms with Gasteiger partial charge in [-0.25, -0.2) is 12.8 Å². The molecule has 2 amide bonds. The van der Waals surface area contributed by atoms with Gasteiger partial charge in [-0.15, -0.1) is 10.2 Å². The van der Waals surface area contributed by atoms with E-state index in [1.54, 1.807) is 18.2 Å². The second-order valence-electron chi connectivity index (χ2n) is 7.77. The third-order valence-corrected chi connectivity index (χ3v) is 7.89. The summed E-state index contributed by atoms with van der Waals surface area (Å²) in [6.07, 6.45) is 1.58. The first-order valence-electron chi connectivity index (χ1n) is 11.0. The van der Waals surface area contributed by atoms with Gasteiger partial charge in [-0.2, -0.15) is 0 Å². The van der Waals surface area contributed by atoms with Gasteiger partial charge in [0.05, 0.1) is 16.9 Å². The zero-order valence-electron chi connectivity index (χ0n) is 19.8. The minimum Gasteiger partial charge on any atom is -0.480 e. The van der Waals surface area contributed by atoms with Crippen LogP contribution in [0.4, 0.5) is 15.9 Å². The molecular weight excluding hydrogens is 553 g/mol. The lowest BCUT2D eigenvalue weighted by molar-refractivity contribution is -0.122. The van der Waals surface area contributed by atoms with Gasteiger partial charge < -0.3 is 10.1 Å². The topological polar surface area (TPSA) is 131 Å². The van der Waals surface area contributed by atoms with Crippen molar-refractivity contribution in [2.75, 3.05) is 23.7 Å². The lowest BCUT2D eigenvalue weighted by Gasteiger charge is -2.14. The fourth-order valence-corrected chi connectivity index (χ4v) is 5.54. The molecule has 2 heterocycles. The van der Waals surface area contributed by atoms with Crippen LogP contribution >= 0.6 is 24.0 Å². The molecule has 0 saturated carbocycles. The Kier molecular flexibility index (Phi) is 8.34. The average molecular weight is 574 g/mol. The first-order valence-corrected chi connectivity index (χ1v) is 13.7. The number of anilines is 2. The fourth-order valence-electron chi connectivity index (χ4n) is 3.24. The second kappa shape index (κ2) is 11.7. The molecule has 0 spiro atoms. The summed E-state index contributed by atoms with van der Waals surface area (Å²) < 4.78 is 45.8. The maximum atomic E-state index is 13.1. The highest BCUT2D eigenvalue weighted by molar-refractivity contribution is 8.26. The summed E-state index contributed by atoms with van der Waals surface area (Å²) in [6.45, 7) is 0.0660. The van der Waals surface area contributed by atoms with Gasteiger partial charge >= 0.3 is 0 Å². The molecule has 2 N–H and O–H groups in total. The predicted octanol–water partition coefficient (Wildman–Crippen LogP) is 3.66. The summed E-state index contributed by atoms with van der Waals surface area (Å²) in [6, 6.07) is 14.1. The molecule has 196 valence electrons. The minimum atomic E-state index is -3.93. The Balaban J connectivity index is 1.31. The number of methoxy groups -OCH3 is 1. The molecule has 0 atom stereocenters. The molecule has 1 aliphatic heterocycles. The van der Waals surface area contributed by atoms with Crippen LogP contribution in [-0.4, -0.2) is 53.3 Å². The van der Waals surface area contributed by atoms with Crippen LogP contribution in [0.15, 0.2) is 70.5 Å². The Morgan fingerprint density at radius 3 is 2.45 bits per heavy atom. The van der Waals surface area contributed by atoms with Gasteiger partial charge in [0, 0.05) is 24.7 Å². The lowest BCUT2D eigenvalue weighted by Crippen LogP contribution is -2.31. The van der Waals surface area contributed by atoms with Crippen molar-refractivity contribution in [3.63, 3.8) is 0 Å². The Morgan fingerprint density at radius 1 is 1.11 bits per heavy atom. The number of carbonyl (C=O) groups is 2. The summed E-state index contributed by atoms with van der Waals surface area (Å²) >= 11 is 6.39. The van der Waals surface area contributed by atoms with E-state index in [-0.39, 0.29) is 47.2 Å². The van der Waals surface area contributed by atoms with Gasteiger partial charge in [-0.1, -0.05) is 36.1 Å². The molecule has 14 heteroatoms. The van der Waals surface area contributed by atoms with Crippen molar-refractivity contribution in [3.8, 4) is 5.88 Å². The van der Waals surface area contributed by atoms with E-state index >= 15 is 0 Å². The van der Waals surface area contributed by atoms with E-state index < -0.39 is 10.0 Å². The van der Waals surface area contributed by atoms with Crippen molar-refractivity contribution in [3.05, 3.63) is 76.9 Å². The SMILES string of the molecule is COc1ccc(NS(=O)(=O)c2ccc(NC(=O)CCN3C(=O)/C(=C/c4ccc(F)cc4)SC3=S)cc2)nn1. The molecule has 10 nitrogen and oxygen atoms in total. The van der Waals surface area contributed by atoms with Gasteiger partial charge in [-0.3, -0.25) is 19.2 Å². The summed E-state index contributed by atoms with van der Waals surface area (Å²) in [7, 11) is -2.52. The first kappa shape index (κ1) is 27.2. The highest BCUT2D eigenvalue weighted by Crippen LogP contribution is 2.32. The first-order chi connectivity index (χ1) is 18.1. The molecule has 3 aromatic rings. The van der Waals surface area contributed by atoms with E-state index in [0.717, 1.165) is 11.8 Å². The van der Waals surface area contributed by atoms with Crippen LogP contribution < -0.4 is 14.8 Å². The third kappa shape index (κ3) is 6.70. The van der Waals surface area contributed by atoms with Crippen LogP contribution in [-0.2, 0) is 19.6 Å². The predicted molar refractivity (Wildman–Crippen MR) is 145 cm³/mol. The number of rotatable bonds is 9. The van der Waals surface area contributed by atoms with Crippen LogP contribution in [0.2, 0.25) is 0 Å². The highest BCUT2D eigenvalue weighted by Gasteiger charge is 2.32. The van der Waals surface area contributed by atoms with Crippen molar-refractivity contribution in [2.45, 2.75) is 11.3 Å². The number of thioether (sulfide) groups is 1. The number of nitrogens with one attached hydrogen (secondary N) is 2. The molecule has 0 unspecified atom stereocenters. The van der Waals surface area contributed by atoms with Gasteiger partial charge in [0.2, 0.25) is 11.8 Å². The molecule has 0 aliphatic carbocycles. The number of hydrogen-bond acceptors (Lipinski definition) is 9.